The summed E-state index contributed by atoms with van der Waals surface area (Å²) in [5, 5.41) is 3.08. The van der Waals surface area contributed by atoms with Crippen molar-refractivity contribution in [1.29, 1.82) is 0 Å². The first-order valence-electron chi connectivity index (χ1n) is 7.04. The second-order valence-corrected chi connectivity index (χ2v) is 5.19. The van der Waals surface area contributed by atoms with Crippen LogP contribution in [0.1, 0.15) is 29.7 Å². The van der Waals surface area contributed by atoms with Gasteiger partial charge in [0.05, 0.1) is 12.7 Å². The Morgan fingerprint density at radius 1 is 1.13 bits per heavy atom. The van der Waals surface area contributed by atoms with Crippen molar-refractivity contribution in [3.05, 3.63) is 65.0 Å². The standard InChI is InChI=1S/C17H17F4NO/c1-11(13-4-3-5-14(9-13)17(19,20)21)22-10-12-6-7-16(23-2)15(18)8-12/h3-9,11,22H,10H2,1-2H3. The van der Waals surface area contributed by atoms with Crippen LogP contribution in [-0.2, 0) is 12.7 Å². The van der Waals surface area contributed by atoms with Gasteiger partial charge in [0.25, 0.3) is 0 Å². The van der Waals surface area contributed by atoms with Crippen molar-refractivity contribution < 1.29 is 22.3 Å². The van der Waals surface area contributed by atoms with Crippen LogP contribution < -0.4 is 10.1 Å². The van der Waals surface area contributed by atoms with Crippen LogP contribution in [0.2, 0.25) is 0 Å². The van der Waals surface area contributed by atoms with E-state index in [9.17, 15) is 17.6 Å². The zero-order valence-electron chi connectivity index (χ0n) is 12.7. The monoisotopic (exact) mass is 327 g/mol. The van der Waals surface area contributed by atoms with Gasteiger partial charge in [-0.3, -0.25) is 0 Å². The molecule has 1 unspecified atom stereocenters. The van der Waals surface area contributed by atoms with Crippen LogP contribution in [0.3, 0.4) is 0 Å². The summed E-state index contributed by atoms with van der Waals surface area (Å²) in [5.74, 6) is -0.321. The molecule has 2 aromatic carbocycles. The Balaban J connectivity index is 2.05. The van der Waals surface area contributed by atoms with Crippen molar-refractivity contribution in [2.75, 3.05) is 7.11 Å². The molecule has 6 heteroatoms. The second kappa shape index (κ2) is 7.00. The van der Waals surface area contributed by atoms with Crippen LogP contribution in [0, 0.1) is 5.82 Å². The molecule has 0 heterocycles. The van der Waals surface area contributed by atoms with E-state index in [0.29, 0.717) is 17.7 Å². The molecular formula is C17H17F4NO. The number of hydrogen-bond donors (Lipinski definition) is 1. The number of alkyl halides is 3. The van der Waals surface area contributed by atoms with E-state index < -0.39 is 17.6 Å². The maximum atomic E-state index is 13.6. The molecule has 0 bridgehead atoms. The van der Waals surface area contributed by atoms with Crippen LogP contribution in [0.5, 0.6) is 5.75 Å². The lowest BCUT2D eigenvalue weighted by atomic mass is 10.0. The maximum absolute atomic E-state index is 13.6. The topological polar surface area (TPSA) is 21.3 Å². The van der Waals surface area contributed by atoms with Gasteiger partial charge in [-0.05, 0) is 42.3 Å². The molecule has 0 aliphatic rings. The molecule has 0 amide bonds. The molecule has 0 fully saturated rings. The normalized spacial score (nSPS) is 13.0. The van der Waals surface area contributed by atoms with E-state index in [1.54, 1.807) is 19.1 Å². The molecule has 0 spiro atoms. The highest BCUT2D eigenvalue weighted by atomic mass is 19.4. The minimum absolute atomic E-state index is 0.152. The third-order valence-electron chi connectivity index (χ3n) is 3.54. The van der Waals surface area contributed by atoms with Crippen molar-refractivity contribution in [2.24, 2.45) is 0 Å². The van der Waals surface area contributed by atoms with E-state index in [1.165, 1.54) is 25.3 Å². The molecule has 124 valence electrons. The molecular weight excluding hydrogens is 310 g/mol. The summed E-state index contributed by atoms with van der Waals surface area (Å²) >= 11 is 0. The third-order valence-corrected chi connectivity index (χ3v) is 3.54. The minimum Gasteiger partial charge on any atom is -0.494 e. The Labute approximate surface area is 132 Å². The fourth-order valence-electron chi connectivity index (χ4n) is 2.19. The zero-order valence-corrected chi connectivity index (χ0v) is 12.7. The Morgan fingerprint density at radius 2 is 1.87 bits per heavy atom. The highest BCUT2D eigenvalue weighted by Crippen LogP contribution is 2.30. The fraction of sp³-hybridized carbons (Fsp3) is 0.294. The SMILES string of the molecule is COc1ccc(CNC(C)c2cccc(C(F)(F)F)c2)cc1F. The Morgan fingerprint density at radius 3 is 2.48 bits per heavy atom. The van der Waals surface area contributed by atoms with Gasteiger partial charge in [0.2, 0.25) is 0 Å². The van der Waals surface area contributed by atoms with Gasteiger partial charge in [0, 0.05) is 12.6 Å². The van der Waals surface area contributed by atoms with Crippen molar-refractivity contribution in [3.8, 4) is 5.75 Å². The van der Waals surface area contributed by atoms with Crippen molar-refractivity contribution in [3.63, 3.8) is 0 Å². The van der Waals surface area contributed by atoms with E-state index in [4.69, 9.17) is 4.74 Å². The van der Waals surface area contributed by atoms with Crippen LogP contribution in [0.4, 0.5) is 17.6 Å². The number of methoxy groups -OCH3 is 1. The maximum Gasteiger partial charge on any atom is 0.416 e. The number of hydrogen-bond acceptors (Lipinski definition) is 2. The van der Waals surface area contributed by atoms with E-state index in [0.717, 1.165) is 12.1 Å². The summed E-state index contributed by atoms with van der Waals surface area (Å²) in [6.45, 7) is 2.09. The molecule has 1 N–H and O–H groups in total. The summed E-state index contributed by atoms with van der Waals surface area (Å²) in [4.78, 5) is 0. The Kier molecular flexibility index (Phi) is 5.26. The van der Waals surface area contributed by atoms with Gasteiger partial charge in [0.1, 0.15) is 0 Å². The fourth-order valence-corrected chi connectivity index (χ4v) is 2.19. The van der Waals surface area contributed by atoms with Crippen LogP contribution in [0.15, 0.2) is 42.5 Å². The summed E-state index contributed by atoms with van der Waals surface area (Å²) in [5.41, 5.74) is 0.523. The summed E-state index contributed by atoms with van der Waals surface area (Å²) in [6, 6.07) is 9.41. The largest absolute Gasteiger partial charge is 0.494 e. The van der Waals surface area contributed by atoms with Crippen LogP contribution in [0.25, 0.3) is 0 Å². The molecule has 1 atom stereocenters. The van der Waals surface area contributed by atoms with Gasteiger partial charge in [-0.2, -0.15) is 13.2 Å². The average Bonchev–Trinajstić information content (AvgIpc) is 2.52. The lowest BCUT2D eigenvalue weighted by Crippen LogP contribution is -2.19. The van der Waals surface area contributed by atoms with Crippen LogP contribution in [-0.4, -0.2) is 7.11 Å². The summed E-state index contributed by atoms with van der Waals surface area (Å²) < 4.78 is 56.6. The van der Waals surface area contributed by atoms with Gasteiger partial charge >= 0.3 is 6.18 Å². The predicted molar refractivity (Wildman–Crippen MR) is 79.7 cm³/mol. The van der Waals surface area contributed by atoms with Gasteiger partial charge in [-0.15, -0.1) is 0 Å². The number of halogens is 4. The number of ether oxygens (including phenoxy) is 1. The highest BCUT2D eigenvalue weighted by Gasteiger charge is 2.30. The molecule has 2 rings (SSSR count). The minimum atomic E-state index is -4.37. The van der Waals surface area contributed by atoms with Gasteiger partial charge in [-0.1, -0.05) is 18.2 Å². The first kappa shape index (κ1) is 17.3. The predicted octanol–water partition coefficient (Wildman–Crippen LogP) is 4.70. The molecule has 23 heavy (non-hydrogen) atoms. The van der Waals surface area contributed by atoms with Crippen molar-refractivity contribution in [2.45, 2.75) is 25.7 Å². The Hall–Kier alpha value is -2.08. The van der Waals surface area contributed by atoms with E-state index in [-0.39, 0.29) is 11.8 Å². The molecule has 0 saturated carbocycles. The van der Waals surface area contributed by atoms with E-state index in [1.807, 2.05) is 0 Å². The molecule has 0 radical (unpaired) electrons. The first-order chi connectivity index (χ1) is 10.8. The molecule has 2 aromatic rings. The van der Waals surface area contributed by atoms with Crippen LogP contribution >= 0.6 is 0 Å². The second-order valence-electron chi connectivity index (χ2n) is 5.19. The highest BCUT2D eigenvalue weighted by molar-refractivity contribution is 5.30. The van der Waals surface area contributed by atoms with Gasteiger partial charge in [0.15, 0.2) is 11.6 Å². The third kappa shape index (κ3) is 4.45. The summed E-state index contributed by atoms with van der Waals surface area (Å²) in [7, 11) is 1.38. The lowest BCUT2D eigenvalue weighted by molar-refractivity contribution is -0.137. The quantitative estimate of drug-likeness (QED) is 0.804. The molecule has 0 saturated heterocycles. The summed E-state index contributed by atoms with van der Waals surface area (Å²) in [6.07, 6.45) is -4.37. The molecule has 0 aliphatic heterocycles. The first-order valence-corrected chi connectivity index (χ1v) is 7.04. The van der Waals surface area contributed by atoms with E-state index >= 15 is 0 Å². The smallest absolute Gasteiger partial charge is 0.416 e. The number of benzene rings is 2. The van der Waals surface area contributed by atoms with Gasteiger partial charge in [-0.25, -0.2) is 4.39 Å². The Bertz CT molecular complexity index is 670. The lowest BCUT2D eigenvalue weighted by Gasteiger charge is -2.16. The average molecular weight is 327 g/mol. The van der Waals surface area contributed by atoms with Crippen molar-refractivity contribution >= 4 is 0 Å². The van der Waals surface area contributed by atoms with Gasteiger partial charge < -0.3 is 10.1 Å². The number of rotatable bonds is 5. The zero-order chi connectivity index (χ0) is 17.0. The molecule has 0 aromatic heterocycles. The molecule has 2 nitrogen and oxygen atoms in total. The van der Waals surface area contributed by atoms with Crippen molar-refractivity contribution in [1.82, 2.24) is 5.32 Å². The number of nitrogens with one attached hydrogen (secondary N) is 1. The van der Waals surface area contributed by atoms with E-state index in [2.05, 4.69) is 5.32 Å². The molecule has 0 aliphatic carbocycles.